The molecule has 0 aliphatic rings. The summed E-state index contributed by atoms with van der Waals surface area (Å²) in [6.07, 6.45) is -0.645. The molecule has 0 heterocycles. The number of rotatable bonds is 4. The molecule has 1 unspecified atom stereocenters. The van der Waals surface area contributed by atoms with Gasteiger partial charge in [-0.15, -0.1) is 0 Å². The third-order valence-electron chi connectivity index (χ3n) is 1.78. The number of aliphatic hydroxyl groups is 2. The van der Waals surface area contributed by atoms with Crippen LogP contribution in [0.3, 0.4) is 0 Å². The molecule has 0 amide bonds. The second-order valence-electron chi connectivity index (χ2n) is 3.21. The standard InChI is InChI=1S/C8H6O4.C3H8O2S/c9-7(10)5-2-1-3-6(4-5)8(11)12;4-1-3(5)2-6/h1-4H,(H,9,10)(H,11,12);3-6H,1-2H2. The van der Waals surface area contributed by atoms with E-state index in [0.717, 1.165) is 6.07 Å². The van der Waals surface area contributed by atoms with Gasteiger partial charge in [-0.1, -0.05) is 6.07 Å². The van der Waals surface area contributed by atoms with Crippen LogP contribution in [0.5, 0.6) is 0 Å². The minimum atomic E-state index is -1.13. The number of hydrogen-bond acceptors (Lipinski definition) is 5. The maximum Gasteiger partial charge on any atom is 0.335 e. The minimum Gasteiger partial charge on any atom is -0.478 e. The van der Waals surface area contributed by atoms with Crippen LogP contribution in [0, 0.1) is 0 Å². The zero-order chi connectivity index (χ0) is 14.1. The first kappa shape index (κ1) is 16.4. The Morgan fingerprint density at radius 2 is 1.61 bits per heavy atom. The summed E-state index contributed by atoms with van der Waals surface area (Å²) in [5.41, 5.74) is -0.0372. The van der Waals surface area contributed by atoms with Crippen LogP contribution in [-0.2, 0) is 0 Å². The van der Waals surface area contributed by atoms with Crippen LogP contribution in [0.25, 0.3) is 0 Å². The zero-order valence-corrected chi connectivity index (χ0v) is 10.2. The summed E-state index contributed by atoms with van der Waals surface area (Å²) in [6.45, 7) is -0.191. The van der Waals surface area contributed by atoms with Gasteiger partial charge < -0.3 is 20.4 Å². The molecule has 6 nitrogen and oxygen atoms in total. The van der Waals surface area contributed by atoms with Gasteiger partial charge in [0.1, 0.15) is 0 Å². The van der Waals surface area contributed by atoms with Crippen molar-refractivity contribution in [3.8, 4) is 0 Å². The molecule has 1 aromatic carbocycles. The van der Waals surface area contributed by atoms with Crippen molar-refractivity contribution in [2.45, 2.75) is 6.10 Å². The first-order valence-corrected chi connectivity index (χ1v) is 5.52. The quantitative estimate of drug-likeness (QED) is 0.506. The number of benzene rings is 1. The molecule has 100 valence electrons. The highest BCUT2D eigenvalue weighted by Gasteiger charge is 2.06. The van der Waals surface area contributed by atoms with Crippen molar-refractivity contribution in [1.29, 1.82) is 0 Å². The van der Waals surface area contributed by atoms with E-state index < -0.39 is 18.0 Å². The van der Waals surface area contributed by atoms with Gasteiger partial charge in [0.15, 0.2) is 0 Å². The lowest BCUT2D eigenvalue weighted by Gasteiger charge is -1.96. The SMILES string of the molecule is O=C(O)c1cccc(C(=O)O)c1.OCC(O)CS. The third-order valence-corrected chi connectivity index (χ3v) is 2.20. The van der Waals surface area contributed by atoms with Gasteiger partial charge in [-0.3, -0.25) is 0 Å². The number of carbonyl (C=O) groups is 2. The average molecular weight is 274 g/mol. The molecular weight excluding hydrogens is 260 g/mol. The van der Waals surface area contributed by atoms with Crippen LogP contribution in [-0.4, -0.2) is 50.8 Å². The molecule has 1 aromatic rings. The topological polar surface area (TPSA) is 115 Å². The van der Waals surface area contributed by atoms with Gasteiger partial charge in [0.25, 0.3) is 0 Å². The summed E-state index contributed by atoms with van der Waals surface area (Å²) in [5, 5.41) is 33.4. The van der Waals surface area contributed by atoms with E-state index in [1.54, 1.807) is 0 Å². The van der Waals surface area contributed by atoms with Crippen LogP contribution < -0.4 is 0 Å². The Bertz CT molecular complexity index is 373. The fraction of sp³-hybridized carbons (Fsp3) is 0.273. The molecule has 1 rings (SSSR count). The molecule has 0 fully saturated rings. The van der Waals surface area contributed by atoms with E-state index >= 15 is 0 Å². The van der Waals surface area contributed by atoms with Crippen LogP contribution in [0.4, 0.5) is 0 Å². The van der Waals surface area contributed by atoms with Gasteiger partial charge in [0, 0.05) is 5.75 Å². The van der Waals surface area contributed by atoms with E-state index in [2.05, 4.69) is 12.6 Å². The number of aromatic carboxylic acids is 2. The Balaban J connectivity index is 0.000000411. The zero-order valence-electron chi connectivity index (χ0n) is 9.35. The fourth-order valence-corrected chi connectivity index (χ4v) is 0.958. The summed E-state index contributed by atoms with van der Waals surface area (Å²) >= 11 is 3.69. The number of thiol groups is 1. The van der Waals surface area contributed by atoms with Gasteiger partial charge in [0.05, 0.1) is 23.8 Å². The van der Waals surface area contributed by atoms with Gasteiger partial charge in [-0.2, -0.15) is 12.6 Å². The first-order valence-electron chi connectivity index (χ1n) is 4.88. The Hall–Kier alpha value is -1.57. The van der Waals surface area contributed by atoms with Crippen molar-refractivity contribution >= 4 is 24.6 Å². The van der Waals surface area contributed by atoms with Crippen molar-refractivity contribution in [2.75, 3.05) is 12.4 Å². The van der Waals surface area contributed by atoms with Crippen molar-refractivity contribution in [2.24, 2.45) is 0 Å². The van der Waals surface area contributed by atoms with Crippen LogP contribution >= 0.6 is 12.6 Å². The Kier molecular flexibility index (Phi) is 7.77. The molecule has 0 aromatic heterocycles. The van der Waals surface area contributed by atoms with Gasteiger partial charge in [-0.05, 0) is 18.2 Å². The second-order valence-corrected chi connectivity index (χ2v) is 3.58. The number of carboxylic acids is 2. The fourth-order valence-electron chi connectivity index (χ4n) is 0.843. The molecule has 7 heteroatoms. The van der Waals surface area contributed by atoms with E-state index in [1.807, 2.05) is 0 Å². The molecule has 0 saturated carbocycles. The largest absolute Gasteiger partial charge is 0.478 e. The smallest absolute Gasteiger partial charge is 0.335 e. The second kappa shape index (κ2) is 8.51. The Morgan fingerprint density at radius 1 is 1.17 bits per heavy atom. The maximum absolute atomic E-state index is 10.4. The monoisotopic (exact) mass is 274 g/mol. The molecule has 0 radical (unpaired) electrons. The van der Waals surface area contributed by atoms with E-state index in [9.17, 15) is 9.59 Å². The van der Waals surface area contributed by atoms with Crippen LogP contribution in [0.1, 0.15) is 20.7 Å². The molecule has 0 aliphatic carbocycles. The van der Waals surface area contributed by atoms with Gasteiger partial charge >= 0.3 is 11.9 Å². The van der Waals surface area contributed by atoms with Crippen LogP contribution in [0.2, 0.25) is 0 Å². The van der Waals surface area contributed by atoms with Crippen LogP contribution in [0.15, 0.2) is 24.3 Å². The van der Waals surface area contributed by atoms with E-state index in [0.29, 0.717) is 5.75 Å². The number of hydrogen-bond donors (Lipinski definition) is 5. The Morgan fingerprint density at radius 3 is 1.83 bits per heavy atom. The lowest BCUT2D eigenvalue weighted by atomic mass is 10.1. The molecule has 1 atom stereocenters. The molecule has 0 spiro atoms. The summed E-state index contributed by atoms with van der Waals surface area (Å²) in [7, 11) is 0. The van der Waals surface area contributed by atoms with Crippen molar-refractivity contribution in [3.05, 3.63) is 35.4 Å². The van der Waals surface area contributed by atoms with Gasteiger partial charge in [-0.25, -0.2) is 9.59 Å². The predicted octanol–water partition coefficient (Wildman–Crippen LogP) is 0.352. The summed E-state index contributed by atoms with van der Waals surface area (Å²) in [4.78, 5) is 20.8. The summed E-state index contributed by atoms with van der Waals surface area (Å²) in [5.74, 6) is -1.92. The van der Waals surface area contributed by atoms with Crippen molar-refractivity contribution < 1.29 is 30.0 Å². The average Bonchev–Trinajstić information content (AvgIpc) is 2.38. The number of carboxylic acid groups (broad SMARTS) is 2. The van der Waals surface area contributed by atoms with E-state index in [-0.39, 0.29) is 17.7 Å². The summed E-state index contributed by atoms with van der Waals surface area (Å²) in [6, 6.07) is 5.20. The lowest BCUT2D eigenvalue weighted by Crippen LogP contribution is -2.12. The minimum absolute atomic E-state index is 0.0186. The molecule has 0 aliphatic heterocycles. The molecule has 18 heavy (non-hydrogen) atoms. The van der Waals surface area contributed by atoms with Crippen molar-refractivity contribution in [3.63, 3.8) is 0 Å². The lowest BCUT2D eigenvalue weighted by molar-refractivity contribution is 0.0696. The molecule has 0 bridgehead atoms. The first-order chi connectivity index (χ1) is 8.42. The van der Waals surface area contributed by atoms with E-state index in [4.69, 9.17) is 20.4 Å². The normalized spacial score (nSPS) is 11.1. The number of aliphatic hydroxyl groups excluding tert-OH is 2. The van der Waals surface area contributed by atoms with Gasteiger partial charge in [0.2, 0.25) is 0 Å². The molecule has 0 saturated heterocycles. The molecular formula is C11H14O6S. The predicted molar refractivity (Wildman–Crippen MR) is 67.3 cm³/mol. The molecule has 4 N–H and O–H groups in total. The van der Waals surface area contributed by atoms with E-state index in [1.165, 1.54) is 18.2 Å². The third kappa shape index (κ3) is 6.24. The Labute approximate surface area is 109 Å². The van der Waals surface area contributed by atoms with Crippen molar-refractivity contribution in [1.82, 2.24) is 0 Å². The summed E-state index contributed by atoms with van der Waals surface area (Å²) < 4.78 is 0. The highest BCUT2D eigenvalue weighted by Crippen LogP contribution is 2.04. The highest BCUT2D eigenvalue weighted by atomic mass is 32.1. The highest BCUT2D eigenvalue weighted by molar-refractivity contribution is 7.80. The maximum atomic E-state index is 10.4.